The van der Waals surface area contributed by atoms with Gasteiger partial charge in [0.2, 0.25) is 0 Å². The first kappa shape index (κ1) is 22.2. The van der Waals surface area contributed by atoms with Gasteiger partial charge in [0.1, 0.15) is 4.90 Å². The Labute approximate surface area is 193 Å². The van der Waals surface area contributed by atoms with Crippen LogP contribution >= 0.6 is 11.6 Å². The van der Waals surface area contributed by atoms with Crippen molar-refractivity contribution in [1.82, 2.24) is 4.98 Å². The van der Waals surface area contributed by atoms with Crippen LogP contribution in [-0.2, 0) is 10.0 Å². The van der Waals surface area contributed by atoms with E-state index in [1.54, 1.807) is 24.4 Å². The molecular formula is C22H16ClN5O4S. The highest BCUT2D eigenvalue weighted by molar-refractivity contribution is 7.93. The number of nitrogens with one attached hydrogen (secondary N) is 2. The molecule has 0 aliphatic heterocycles. The summed E-state index contributed by atoms with van der Waals surface area (Å²) in [5.74, 6) is 0. The highest BCUT2D eigenvalue weighted by Gasteiger charge is 2.23. The zero-order valence-electron chi connectivity index (χ0n) is 16.8. The Hall–Kier alpha value is -4.02. The molecular weight excluding hydrogens is 466 g/mol. The van der Waals surface area contributed by atoms with Crippen LogP contribution in [0.4, 0.5) is 17.1 Å². The van der Waals surface area contributed by atoms with Crippen LogP contribution in [0.1, 0.15) is 5.56 Å². The molecule has 0 atom stereocenters. The Kier molecular flexibility index (Phi) is 6.20. The molecule has 166 valence electrons. The van der Waals surface area contributed by atoms with E-state index < -0.39 is 14.9 Å². The number of sulfonamides is 1. The smallest absolute Gasteiger partial charge is 0.270 e. The molecule has 11 heteroatoms. The molecule has 0 unspecified atom stereocenters. The minimum Gasteiger partial charge on any atom is -0.278 e. The lowest BCUT2D eigenvalue weighted by molar-refractivity contribution is -0.385. The second-order valence-corrected chi connectivity index (χ2v) is 8.87. The summed E-state index contributed by atoms with van der Waals surface area (Å²) in [7, 11) is -4.24. The van der Waals surface area contributed by atoms with Crippen molar-refractivity contribution in [1.29, 1.82) is 0 Å². The predicted molar refractivity (Wildman–Crippen MR) is 128 cm³/mol. The molecule has 4 rings (SSSR count). The van der Waals surface area contributed by atoms with Crippen LogP contribution in [0, 0.1) is 10.1 Å². The van der Waals surface area contributed by atoms with Crippen molar-refractivity contribution < 1.29 is 13.3 Å². The van der Waals surface area contributed by atoms with Crippen molar-refractivity contribution in [2.45, 2.75) is 4.90 Å². The lowest BCUT2D eigenvalue weighted by Crippen LogP contribution is -2.15. The second kappa shape index (κ2) is 9.23. The number of hydrazone groups is 1. The average Bonchev–Trinajstić information content (AvgIpc) is 2.80. The molecule has 0 saturated heterocycles. The van der Waals surface area contributed by atoms with Crippen LogP contribution in [0.3, 0.4) is 0 Å². The molecule has 33 heavy (non-hydrogen) atoms. The summed E-state index contributed by atoms with van der Waals surface area (Å²) in [4.78, 5) is 14.5. The number of fused-ring (bicyclic) bond motifs is 1. The van der Waals surface area contributed by atoms with E-state index in [1.807, 2.05) is 24.3 Å². The summed E-state index contributed by atoms with van der Waals surface area (Å²) in [5, 5.41) is 16.4. The average molecular weight is 482 g/mol. The van der Waals surface area contributed by atoms with Crippen LogP contribution in [-0.4, -0.2) is 24.5 Å². The number of pyridine rings is 1. The van der Waals surface area contributed by atoms with Crippen molar-refractivity contribution in [2.75, 3.05) is 10.1 Å². The molecule has 0 amide bonds. The molecule has 0 radical (unpaired) electrons. The highest BCUT2D eigenvalue weighted by atomic mass is 35.5. The molecule has 2 N–H and O–H groups in total. The van der Waals surface area contributed by atoms with E-state index in [9.17, 15) is 18.5 Å². The standard InChI is InChI=1S/C22H16ClN5O4S/c23-18-6-2-4-8-20(18)27-33(31,32)22-13-16(28(29)30)9-10-21(22)26-25-14-15-11-12-24-19-7-3-1-5-17(15)19/h1-14,26-27H/b25-14+. The van der Waals surface area contributed by atoms with Crippen LogP contribution < -0.4 is 10.1 Å². The van der Waals surface area contributed by atoms with Crippen molar-refractivity contribution in [3.05, 3.63) is 99.7 Å². The van der Waals surface area contributed by atoms with Gasteiger partial charge in [0.15, 0.2) is 0 Å². The van der Waals surface area contributed by atoms with Crippen LogP contribution in [0.5, 0.6) is 0 Å². The number of non-ortho nitro benzene ring substituents is 1. The normalized spacial score (nSPS) is 11.5. The van der Waals surface area contributed by atoms with E-state index in [1.165, 1.54) is 30.5 Å². The van der Waals surface area contributed by atoms with E-state index in [0.717, 1.165) is 22.5 Å². The first-order valence-electron chi connectivity index (χ1n) is 9.54. The third-order valence-electron chi connectivity index (χ3n) is 4.66. The van der Waals surface area contributed by atoms with E-state index >= 15 is 0 Å². The van der Waals surface area contributed by atoms with Gasteiger partial charge in [-0.2, -0.15) is 5.10 Å². The number of nitro benzene ring substituents is 1. The number of halogens is 1. The quantitative estimate of drug-likeness (QED) is 0.216. The SMILES string of the molecule is O=[N+]([O-])c1ccc(N/N=C/c2ccnc3ccccc23)c(S(=O)(=O)Nc2ccccc2Cl)c1. The number of anilines is 2. The van der Waals surface area contributed by atoms with Gasteiger partial charge >= 0.3 is 0 Å². The number of para-hydroxylation sites is 2. The maximum Gasteiger partial charge on any atom is 0.270 e. The summed E-state index contributed by atoms with van der Waals surface area (Å²) >= 11 is 6.06. The molecule has 1 aromatic heterocycles. The Balaban J connectivity index is 1.69. The lowest BCUT2D eigenvalue weighted by atomic mass is 10.1. The number of aromatic nitrogens is 1. The molecule has 0 spiro atoms. The van der Waals surface area contributed by atoms with Gasteiger partial charge in [-0.1, -0.05) is 41.9 Å². The van der Waals surface area contributed by atoms with Gasteiger partial charge in [-0.15, -0.1) is 0 Å². The topological polar surface area (TPSA) is 127 Å². The maximum absolute atomic E-state index is 13.1. The van der Waals surface area contributed by atoms with Gasteiger partial charge < -0.3 is 0 Å². The molecule has 0 bridgehead atoms. The Morgan fingerprint density at radius 2 is 1.76 bits per heavy atom. The number of hydrogen-bond acceptors (Lipinski definition) is 7. The van der Waals surface area contributed by atoms with E-state index in [0.29, 0.717) is 0 Å². The predicted octanol–water partition coefficient (Wildman–Crippen LogP) is 5.04. The van der Waals surface area contributed by atoms with Gasteiger partial charge in [-0.25, -0.2) is 8.42 Å². The van der Waals surface area contributed by atoms with Crippen LogP contribution in [0.2, 0.25) is 5.02 Å². The van der Waals surface area contributed by atoms with Gasteiger partial charge in [0.05, 0.1) is 33.1 Å². The van der Waals surface area contributed by atoms with Gasteiger partial charge in [-0.05, 0) is 30.3 Å². The van der Waals surface area contributed by atoms with Crippen molar-refractivity contribution in [2.24, 2.45) is 5.10 Å². The first-order chi connectivity index (χ1) is 15.8. The number of rotatable bonds is 7. The van der Waals surface area contributed by atoms with E-state index in [2.05, 4.69) is 20.2 Å². The molecule has 0 saturated carbocycles. The second-order valence-electron chi connectivity index (χ2n) is 6.81. The van der Waals surface area contributed by atoms with E-state index in [4.69, 9.17) is 11.6 Å². The molecule has 9 nitrogen and oxygen atoms in total. The summed E-state index contributed by atoms with van der Waals surface area (Å²) < 4.78 is 28.5. The molecule has 1 heterocycles. The third kappa shape index (κ3) is 4.92. The van der Waals surface area contributed by atoms with Crippen molar-refractivity contribution in [3.63, 3.8) is 0 Å². The Morgan fingerprint density at radius 3 is 2.55 bits per heavy atom. The largest absolute Gasteiger partial charge is 0.278 e. The fourth-order valence-electron chi connectivity index (χ4n) is 3.08. The minimum absolute atomic E-state index is 0.0507. The fraction of sp³-hybridized carbons (Fsp3) is 0. The van der Waals surface area contributed by atoms with Crippen LogP contribution in [0.15, 0.2) is 89.0 Å². The summed E-state index contributed by atoms with van der Waals surface area (Å²) in [6.45, 7) is 0. The molecule has 0 aliphatic rings. The Morgan fingerprint density at radius 1 is 1.00 bits per heavy atom. The first-order valence-corrected chi connectivity index (χ1v) is 11.4. The molecule has 0 fully saturated rings. The summed E-state index contributed by atoms with van der Waals surface area (Å²) in [5.41, 5.74) is 4.02. The van der Waals surface area contributed by atoms with Crippen LogP contribution in [0.25, 0.3) is 10.9 Å². The number of nitrogens with zero attached hydrogens (tertiary/aromatic N) is 3. The van der Waals surface area contributed by atoms with Crippen molar-refractivity contribution >= 4 is 55.8 Å². The number of benzene rings is 3. The van der Waals surface area contributed by atoms with Gasteiger partial charge in [0, 0.05) is 29.3 Å². The minimum atomic E-state index is -4.24. The van der Waals surface area contributed by atoms with Gasteiger partial charge in [-0.3, -0.25) is 25.2 Å². The molecule has 0 aliphatic carbocycles. The summed E-state index contributed by atoms with van der Waals surface area (Å²) in [6, 6.07) is 18.9. The molecule has 3 aromatic carbocycles. The highest BCUT2D eigenvalue weighted by Crippen LogP contribution is 2.30. The van der Waals surface area contributed by atoms with Crippen molar-refractivity contribution in [3.8, 4) is 0 Å². The maximum atomic E-state index is 13.1. The third-order valence-corrected chi connectivity index (χ3v) is 6.39. The summed E-state index contributed by atoms with van der Waals surface area (Å²) in [6.07, 6.45) is 3.16. The monoisotopic (exact) mass is 481 g/mol. The zero-order chi connectivity index (χ0) is 23.4. The fourth-order valence-corrected chi connectivity index (χ4v) is 4.58. The number of hydrogen-bond donors (Lipinski definition) is 2. The number of nitro groups is 1. The van der Waals surface area contributed by atoms with E-state index in [-0.39, 0.29) is 27.0 Å². The Bertz CT molecular complexity index is 1490. The van der Waals surface area contributed by atoms with Gasteiger partial charge in [0.25, 0.3) is 15.7 Å². The lowest BCUT2D eigenvalue weighted by Gasteiger charge is -2.13. The molecule has 4 aromatic rings. The zero-order valence-corrected chi connectivity index (χ0v) is 18.4.